The van der Waals surface area contributed by atoms with E-state index in [0.717, 1.165) is 19.8 Å². The smallest absolute Gasteiger partial charge is 0.0713 e. The van der Waals surface area contributed by atoms with Gasteiger partial charge in [-0.2, -0.15) is 0 Å². The quantitative estimate of drug-likeness (QED) is 0.856. The Morgan fingerprint density at radius 3 is 2.68 bits per heavy atom. The van der Waals surface area contributed by atoms with Crippen LogP contribution in [0.25, 0.3) is 0 Å². The van der Waals surface area contributed by atoms with Crippen LogP contribution >= 0.6 is 0 Å². The first-order valence-corrected chi connectivity index (χ1v) is 7.17. The number of hydrogen-bond donors (Lipinski definition) is 1. The standard InChI is InChI=1S/C16H25NO2/c1-13(16-4-3-9-19-12-16)17-10-14-5-7-15(8-6-14)11-18-2/h5-8,13,16-17H,3-4,9-12H2,1-2H3. The Labute approximate surface area is 116 Å². The molecule has 2 atom stereocenters. The number of benzene rings is 1. The minimum atomic E-state index is 0.513. The summed E-state index contributed by atoms with van der Waals surface area (Å²) in [4.78, 5) is 0. The van der Waals surface area contributed by atoms with Crippen LogP contribution in [0.4, 0.5) is 0 Å². The molecule has 1 fully saturated rings. The molecule has 1 aromatic rings. The van der Waals surface area contributed by atoms with Crippen molar-refractivity contribution in [2.75, 3.05) is 20.3 Å². The Morgan fingerprint density at radius 1 is 1.32 bits per heavy atom. The van der Waals surface area contributed by atoms with E-state index in [1.54, 1.807) is 7.11 Å². The van der Waals surface area contributed by atoms with Gasteiger partial charge in [0.05, 0.1) is 13.2 Å². The van der Waals surface area contributed by atoms with Crippen molar-refractivity contribution < 1.29 is 9.47 Å². The van der Waals surface area contributed by atoms with Gasteiger partial charge in [0.1, 0.15) is 0 Å². The van der Waals surface area contributed by atoms with E-state index in [9.17, 15) is 0 Å². The van der Waals surface area contributed by atoms with Crippen LogP contribution in [0.1, 0.15) is 30.9 Å². The predicted octanol–water partition coefficient (Wildman–Crippen LogP) is 2.74. The molecule has 1 aromatic carbocycles. The highest BCUT2D eigenvalue weighted by atomic mass is 16.5. The zero-order chi connectivity index (χ0) is 13.5. The molecule has 1 aliphatic rings. The second-order valence-corrected chi connectivity index (χ2v) is 5.40. The SMILES string of the molecule is COCc1ccc(CNC(C)C2CCCOC2)cc1. The Morgan fingerprint density at radius 2 is 2.05 bits per heavy atom. The molecule has 3 nitrogen and oxygen atoms in total. The first kappa shape index (κ1) is 14.5. The van der Waals surface area contributed by atoms with Crippen LogP contribution in [-0.4, -0.2) is 26.4 Å². The normalized spacial score (nSPS) is 21.3. The highest BCUT2D eigenvalue weighted by molar-refractivity contribution is 5.21. The van der Waals surface area contributed by atoms with Crippen molar-refractivity contribution in [2.45, 2.75) is 39.0 Å². The van der Waals surface area contributed by atoms with Crippen molar-refractivity contribution >= 4 is 0 Å². The lowest BCUT2D eigenvalue weighted by molar-refractivity contribution is 0.0417. The van der Waals surface area contributed by atoms with E-state index in [0.29, 0.717) is 18.6 Å². The van der Waals surface area contributed by atoms with Crippen molar-refractivity contribution in [3.63, 3.8) is 0 Å². The molecule has 0 aliphatic carbocycles. The van der Waals surface area contributed by atoms with E-state index in [1.807, 2.05) is 0 Å². The van der Waals surface area contributed by atoms with Gasteiger partial charge < -0.3 is 14.8 Å². The van der Waals surface area contributed by atoms with Gasteiger partial charge in [-0.25, -0.2) is 0 Å². The maximum absolute atomic E-state index is 5.54. The number of rotatable bonds is 6. The minimum absolute atomic E-state index is 0.513. The lowest BCUT2D eigenvalue weighted by atomic mass is 9.95. The van der Waals surface area contributed by atoms with Crippen molar-refractivity contribution in [2.24, 2.45) is 5.92 Å². The fourth-order valence-electron chi connectivity index (χ4n) is 2.53. The molecule has 2 rings (SSSR count). The molecule has 19 heavy (non-hydrogen) atoms. The minimum Gasteiger partial charge on any atom is -0.381 e. The van der Waals surface area contributed by atoms with Gasteiger partial charge in [-0.05, 0) is 36.8 Å². The fraction of sp³-hybridized carbons (Fsp3) is 0.625. The molecule has 106 valence electrons. The van der Waals surface area contributed by atoms with E-state index in [2.05, 4.69) is 36.5 Å². The summed E-state index contributed by atoms with van der Waals surface area (Å²) in [5.74, 6) is 0.654. The van der Waals surface area contributed by atoms with Crippen LogP contribution in [0, 0.1) is 5.92 Å². The van der Waals surface area contributed by atoms with Gasteiger partial charge in [0.25, 0.3) is 0 Å². The van der Waals surface area contributed by atoms with Gasteiger partial charge in [0.2, 0.25) is 0 Å². The molecule has 1 aliphatic heterocycles. The van der Waals surface area contributed by atoms with Crippen LogP contribution in [0.3, 0.4) is 0 Å². The van der Waals surface area contributed by atoms with E-state index >= 15 is 0 Å². The van der Waals surface area contributed by atoms with E-state index in [1.165, 1.54) is 24.0 Å². The van der Waals surface area contributed by atoms with Gasteiger partial charge in [0.15, 0.2) is 0 Å². The summed E-state index contributed by atoms with van der Waals surface area (Å²) in [6.07, 6.45) is 2.48. The van der Waals surface area contributed by atoms with E-state index < -0.39 is 0 Å². The van der Waals surface area contributed by atoms with Gasteiger partial charge in [0, 0.05) is 26.3 Å². The summed E-state index contributed by atoms with van der Waals surface area (Å²) in [5.41, 5.74) is 2.54. The maximum Gasteiger partial charge on any atom is 0.0713 e. The molecule has 0 saturated carbocycles. The lowest BCUT2D eigenvalue weighted by Crippen LogP contribution is -2.37. The Bertz CT molecular complexity index is 358. The fourth-order valence-corrected chi connectivity index (χ4v) is 2.53. The Hall–Kier alpha value is -0.900. The summed E-state index contributed by atoms with van der Waals surface area (Å²) in [7, 11) is 1.73. The third-order valence-electron chi connectivity index (χ3n) is 3.86. The average Bonchev–Trinajstić information content (AvgIpc) is 2.47. The zero-order valence-corrected chi connectivity index (χ0v) is 12.0. The molecular weight excluding hydrogens is 238 g/mol. The van der Waals surface area contributed by atoms with E-state index in [-0.39, 0.29) is 0 Å². The van der Waals surface area contributed by atoms with Crippen molar-refractivity contribution in [3.05, 3.63) is 35.4 Å². The van der Waals surface area contributed by atoms with Crippen molar-refractivity contribution in [1.82, 2.24) is 5.32 Å². The van der Waals surface area contributed by atoms with E-state index in [4.69, 9.17) is 9.47 Å². The van der Waals surface area contributed by atoms with Gasteiger partial charge in [-0.3, -0.25) is 0 Å². The summed E-state index contributed by atoms with van der Waals surface area (Å²) in [6.45, 7) is 5.71. The van der Waals surface area contributed by atoms with Crippen LogP contribution in [0.15, 0.2) is 24.3 Å². The molecule has 1 saturated heterocycles. The zero-order valence-electron chi connectivity index (χ0n) is 12.0. The molecule has 0 radical (unpaired) electrons. The monoisotopic (exact) mass is 263 g/mol. The molecule has 0 bridgehead atoms. The average molecular weight is 263 g/mol. The predicted molar refractivity (Wildman–Crippen MR) is 77.0 cm³/mol. The summed E-state index contributed by atoms with van der Waals surface area (Å²) in [5, 5.41) is 3.61. The number of hydrogen-bond acceptors (Lipinski definition) is 3. The molecular formula is C16H25NO2. The second kappa shape index (κ2) is 7.63. The number of nitrogens with one attached hydrogen (secondary N) is 1. The number of ether oxygens (including phenoxy) is 2. The Balaban J connectivity index is 1.77. The molecule has 1 N–H and O–H groups in total. The maximum atomic E-state index is 5.54. The highest BCUT2D eigenvalue weighted by Gasteiger charge is 2.19. The molecule has 0 aromatic heterocycles. The van der Waals surface area contributed by atoms with Crippen LogP contribution < -0.4 is 5.32 Å². The number of methoxy groups -OCH3 is 1. The van der Waals surface area contributed by atoms with Crippen LogP contribution in [0.2, 0.25) is 0 Å². The molecule has 0 amide bonds. The summed E-state index contributed by atoms with van der Waals surface area (Å²) >= 11 is 0. The molecule has 2 unspecified atom stereocenters. The van der Waals surface area contributed by atoms with Crippen LogP contribution in [-0.2, 0) is 22.6 Å². The lowest BCUT2D eigenvalue weighted by Gasteiger charge is -2.28. The molecule has 0 spiro atoms. The largest absolute Gasteiger partial charge is 0.381 e. The molecule has 3 heteroatoms. The van der Waals surface area contributed by atoms with Gasteiger partial charge >= 0.3 is 0 Å². The van der Waals surface area contributed by atoms with Gasteiger partial charge in [-0.15, -0.1) is 0 Å². The topological polar surface area (TPSA) is 30.5 Å². The van der Waals surface area contributed by atoms with Crippen LogP contribution in [0.5, 0.6) is 0 Å². The third kappa shape index (κ3) is 4.60. The first-order chi connectivity index (χ1) is 9.29. The van der Waals surface area contributed by atoms with Crippen molar-refractivity contribution in [1.29, 1.82) is 0 Å². The Kier molecular flexibility index (Phi) is 5.83. The first-order valence-electron chi connectivity index (χ1n) is 7.17. The van der Waals surface area contributed by atoms with Crippen molar-refractivity contribution in [3.8, 4) is 0 Å². The third-order valence-corrected chi connectivity index (χ3v) is 3.86. The summed E-state index contributed by atoms with van der Waals surface area (Å²) in [6, 6.07) is 9.12. The summed E-state index contributed by atoms with van der Waals surface area (Å²) < 4.78 is 10.7. The van der Waals surface area contributed by atoms with Gasteiger partial charge in [-0.1, -0.05) is 24.3 Å². The highest BCUT2D eigenvalue weighted by Crippen LogP contribution is 2.17. The molecule has 1 heterocycles. The second-order valence-electron chi connectivity index (χ2n) is 5.40.